The Balaban J connectivity index is 2.25. The molecule has 0 aliphatic carbocycles. The van der Waals surface area contributed by atoms with Gasteiger partial charge in [0.1, 0.15) is 29.6 Å². The van der Waals surface area contributed by atoms with Gasteiger partial charge in [0, 0.05) is 12.8 Å². The van der Waals surface area contributed by atoms with Gasteiger partial charge in [0.05, 0.1) is 12.5 Å². The molecule has 0 aliphatic rings. The van der Waals surface area contributed by atoms with Crippen LogP contribution in [-0.4, -0.2) is 75.6 Å². The van der Waals surface area contributed by atoms with E-state index in [1.807, 2.05) is 0 Å². The number of hydrogen-bond acceptors (Lipinski definition) is 9. The number of amides is 4. The van der Waals surface area contributed by atoms with Crippen molar-refractivity contribution < 1.29 is 39.3 Å². The lowest BCUT2D eigenvalue weighted by Gasteiger charge is -2.25. The molecule has 0 bridgehead atoms. The van der Waals surface area contributed by atoms with Crippen LogP contribution in [0.1, 0.15) is 36.8 Å². The minimum absolute atomic E-state index is 0.0135. The number of phenolic OH excluding ortho intramolecular Hbond substituents is 2. The van der Waals surface area contributed by atoms with Crippen molar-refractivity contribution in [3.05, 3.63) is 59.7 Å². The van der Waals surface area contributed by atoms with E-state index in [4.69, 9.17) is 17.2 Å². The third-order valence-electron chi connectivity index (χ3n) is 6.34. The summed E-state index contributed by atoms with van der Waals surface area (Å²) in [6, 6.07) is 6.34. The third kappa shape index (κ3) is 11.4. The van der Waals surface area contributed by atoms with Crippen LogP contribution in [0.25, 0.3) is 0 Å². The normalized spacial score (nSPS) is 13.7. The van der Waals surface area contributed by atoms with Crippen molar-refractivity contribution in [2.45, 2.75) is 62.7 Å². The summed E-state index contributed by atoms with van der Waals surface area (Å²) in [6.07, 6.45) is 0.672. The number of nitrogens with two attached hydrogens (primary N) is 3. The average molecular weight is 587 g/mol. The highest BCUT2D eigenvalue weighted by molar-refractivity contribution is 5.96. The van der Waals surface area contributed by atoms with Crippen molar-refractivity contribution in [3.8, 4) is 11.5 Å². The fraction of sp³-hybridized carbons (Fsp3) is 0.393. The number of carbonyl (C=O) groups is 5. The molecule has 0 saturated carbocycles. The van der Waals surface area contributed by atoms with Crippen LogP contribution in [0.5, 0.6) is 11.5 Å². The van der Waals surface area contributed by atoms with Gasteiger partial charge >= 0.3 is 5.97 Å². The van der Waals surface area contributed by atoms with Gasteiger partial charge in [-0.05, 0) is 54.8 Å². The largest absolute Gasteiger partial charge is 0.508 e. The lowest BCUT2D eigenvalue weighted by atomic mass is 10.0. The van der Waals surface area contributed by atoms with E-state index in [0.717, 1.165) is 0 Å². The molecular weight excluding hydrogens is 548 g/mol. The number of carbonyl (C=O) groups excluding carboxylic acids is 4. The van der Waals surface area contributed by atoms with Gasteiger partial charge in [-0.3, -0.25) is 19.2 Å². The zero-order chi connectivity index (χ0) is 31.2. The number of primary amides is 1. The van der Waals surface area contributed by atoms with Crippen molar-refractivity contribution in [3.63, 3.8) is 0 Å². The minimum Gasteiger partial charge on any atom is -0.508 e. The smallest absolute Gasteiger partial charge is 0.326 e. The van der Waals surface area contributed by atoms with Crippen LogP contribution in [-0.2, 0) is 36.8 Å². The maximum Gasteiger partial charge on any atom is 0.326 e. The number of aliphatic carboxylic acids is 1. The van der Waals surface area contributed by atoms with Crippen LogP contribution >= 0.6 is 0 Å². The monoisotopic (exact) mass is 586 g/mol. The van der Waals surface area contributed by atoms with Crippen molar-refractivity contribution in [1.82, 2.24) is 16.0 Å². The van der Waals surface area contributed by atoms with Crippen LogP contribution in [0.3, 0.4) is 0 Å². The second-order valence-electron chi connectivity index (χ2n) is 9.82. The summed E-state index contributed by atoms with van der Waals surface area (Å²) in [6.45, 7) is 0.420. The van der Waals surface area contributed by atoms with Gasteiger partial charge in [0.25, 0.3) is 0 Å². The Labute approximate surface area is 242 Å². The lowest BCUT2D eigenvalue weighted by molar-refractivity contribution is -0.142. The summed E-state index contributed by atoms with van der Waals surface area (Å²) in [5.74, 6) is -4.75. The maximum absolute atomic E-state index is 13.3. The fourth-order valence-corrected chi connectivity index (χ4v) is 4.02. The standard InChI is InChI=1S/C28H38N6O8/c29-12-2-1-3-20(30)25(38)32-22(15-24(31)37)27(40)33-21(13-16-4-8-18(35)9-5-16)26(39)34-23(28(41)42)14-17-6-10-19(36)11-7-17/h4-11,20-23,35-36H,1-3,12-15,29-30H2,(H2,31,37)(H,32,38)(H,33,40)(H,34,39)(H,41,42). The number of benzene rings is 2. The number of hydrogen-bond donors (Lipinski definition) is 9. The number of rotatable bonds is 17. The molecule has 2 aromatic carbocycles. The van der Waals surface area contributed by atoms with Crippen molar-refractivity contribution >= 4 is 29.6 Å². The van der Waals surface area contributed by atoms with Crippen molar-refractivity contribution in [1.29, 1.82) is 0 Å². The van der Waals surface area contributed by atoms with Gasteiger partial charge in [-0.25, -0.2) is 4.79 Å². The second kappa shape index (κ2) is 16.5. The lowest BCUT2D eigenvalue weighted by Crippen LogP contribution is -2.58. The predicted molar refractivity (Wildman–Crippen MR) is 152 cm³/mol. The Hall–Kier alpha value is -4.69. The zero-order valence-corrected chi connectivity index (χ0v) is 23.0. The summed E-state index contributed by atoms with van der Waals surface area (Å²) in [4.78, 5) is 62.9. The molecule has 2 aromatic rings. The van der Waals surface area contributed by atoms with Gasteiger partial charge in [0.15, 0.2) is 0 Å². The number of unbranched alkanes of at least 4 members (excludes halogenated alkanes) is 1. The van der Waals surface area contributed by atoms with E-state index < -0.39 is 60.2 Å². The molecule has 4 unspecified atom stereocenters. The quantitative estimate of drug-likeness (QED) is 0.0995. The fourth-order valence-electron chi connectivity index (χ4n) is 4.02. The molecule has 14 heteroatoms. The Bertz CT molecular complexity index is 1220. The molecule has 12 N–H and O–H groups in total. The zero-order valence-electron chi connectivity index (χ0n) is 23.0. The van der Waals surface area contributed by atoms with Gasteiger partial charge in [0.2, 0.25) is 23.6 Å². The number of carboxylic acid groups (broad SMARTS) is 1. The molecule has 228 valence electrons. The molecular formula is C28H38N6O8. The van der Waals surface area contributed by atoms with Crippen LogP contribution < -0.4 is 33.2 Å². The topological polar surface area (TPSA) is 260 Å². The Morgan fingerprint density at radius 2 is 1.14 bits per heavy atom. The molecule has 14 nitrogen and oxygen atoms in total. The van der Waals surface area contributed by atoms with E-state index in [9.17, 15) is 39.3 Å². The van der Waals surface area contributed by atoms with Gasteiger partial charge in [-0.2, -0.15) is 0 Å². The van der Waals surface area contributed by atoms with E-state index in [-0.39, 0.29) is 30.8 Å². The molecule has 0 aliphatic heterocycles. The Morgan fingerprint density at radius 3 is 1.62 bits per heavy atom. The summed E-state index contributed by atoms with van der Waals surface area (Å²) >= 11 is 0. The first kappa shape index (κ1) is 33.5. The molecule has 0 aromatic heterocycles. The van der Waals surface area contributed by atoms with E-state index in [1.54, 1.807) is 0 Å². The number of phenols is 2. The predicted octanol–water partition coefficient (Wildman–Crippen LogP) is -1.25. The molecule has 42 heavy (non-hydrogen) atoms. The van der Waals surface area contributed by atoms with E-state index in [0.29, 0.717) is 30.5 Å². The van der Waals surface area contributed by atoms with Gasteiger partial charge in [-0.15, -0.1) is 0 Å². The summed E-state index contributed by atoms with van der Waals surface area (Å²) in [5, 5.41) is 36.1. The molecule has 4 atom stereocenters. The van der Waals surface area contributed by atoms with Gasteiger partial charge < -0.3 is 48.5 Å². The van der Waals surface area contributed by atoms with Crippen molar-refractivity contribution in [2.75, 3.05) is 6.54 Å². The van der Waals surface area contributed by atoms with Crippen LogP contribution in [0.2, 0.25) is 0 Å². The summed E-state index contributed by atoms with van der Waals surface area (Å²) in [7, 11) is 0. The third-order valence-corrected chi connectivity index (χ3v) is 6.34. The van der Waals surface area contributed by atoms with Crippen molar-refractivity contribution in [2.24, 2.45) is 17.2 Å². The second-order valence-corrected chi connectivity index (χ2v) is 9.82. The Kier molecular flexibility index (Phi) is 13.2. The summed E-state index contributed by atoms with van der Waals surface area (Å²) in [5.41, 5.74) is 17.7. The maximum atomic E-state index is 13.3. The molecule has 2 rings (SSSR count). The first-order valence-electron chi connectivity index (χ1n) is 13.3. The van der Waals surface area contributed by atoms with Gasteiger partial charge in [-0.1, -0.05) is 30.7 Å². The first-order chi connectivity index (χ1) is 19.9. The number of carboxylic acids is 1. The number of aromatic hydroxyl groups is 2. The van der Waals surface area contributed by atoms with Crippen LogP contribution in [0, 0.1) is 0 Å². The minimum atomic E-state index is -1.46. The molecule has 0 fully saturated rings. The first-order valence-corrected chi connectivity index (χ1v) is 13.3. The van der Waals surface area contributed by atoms with E-state index in [1.165, 1.54) is 48.5 Å². The Morgan fingerprint density at radius 1 is 0.690 bits per heavy atom. The van der Waals surface area contributed by atoms with Crippen LogP contribution in [0.4, 0.5) is 0 Å². The summed E-state index contributed by atoms with van der Waals surface area (Å²) < 4.78 is 0. The highest BCUT2D eigenvalue weighted by atomic mass is 16.4. The highest BCUT2D eigenvalue weighted by Crippen LogP contribution is 2.14. The van der Waals surface area contributed by atoms with E-state index in [2.05, 4.69) is 16.0 Å². The van der Waals surface area contributed by atoms with E-state index >= 15 is 0 Å². The molecule has 0 saturated heterocycles. The molecule has 0 radical (unpaired) electrons. The number of nitrogens with one attached hydrogen (secondary N) is 3. The average Bonchev–Trinajstić information content (AvgIpc) is 2.93. The molecule has 0 heterocycles. The highest BCUT2D eigenvalue weighted by Gasteiger charge is 2.31. The van der Waals surface area contributed by atoms with Crippen LogP contribution in [0.15, 0.2) is 48.5 Å². The SMILES string of the molecule is NCCCCC(N)C(=O)NC(CC(N)=O)C(=O)NC(Cc1ccc(O)cc1)C(=O)NC(Cc1ccc(O)cc1)C(=O)O. The molecule has 4 amide bonds. The molecule has 0 spiro atoms.